The summed E-state index contributed by atoms with van der Waals surface area (Å²) in [7, 11) is 1.32. The Kier molecular flexibility index (Phi) is 6.01. The molecule has 166 valence electrons. The van der Waals surface area contributed by atoms with Crippen LogP contribution in [-0.2, 0) is 0 Å². The zero-order chi connectivity index (χ0) is 23.5. The zero-order valence-corrected chi connectivity index (χ0v) is 18.5. The number of aromatic nitrogens is 2. The molecule has 0 atom stereocenters. The number of fused-ring (bicyclic) bond motifs is 1. The molecule has 0 aliphatic heterocycles. The number of ether oxygens (including phenoxy) is 1. The van der Waals surface area contributed by atoms with Crippen molar-refractivity contribution in [3.8, 4) is 17.1 Å². The molecule has 3 N–H and O–H groups in total. The zero-order valence-electron chi connectivity index (χ0n) is 17.7. The number of hydrogen-bond acceptors (Lipinski definition) is 6. The lowest BCUT2D eigenvalue weighted by Gasteiger charge is -2.13. The van der Waals surface area contributed by atoms with Gasteiger partial charge in [-0.15, -0.1) is 0 Å². The Bertz CT molecular complexity index is 1370. The maximum atomic E-state index is 12.6. The summed E-state index contributed by atoms with van der Waals surface area (Å²) < 4.78 is 4.96. The van der Waals surface area contributed by atoms with Crippen molar-refractivity contribution < 1.29 is 14.5 Å². The summed E-state index contributed by atoms with van der Waals surface area (Å²) in [6.07, 6.45) is 0. The van der Waals surface area contributed by atoms with Gasteiger partial charge in [0, 0.05) is 22.9 Å². The van der Waals surface area contributed by atoms with Gasteiger partial charge in [-0.1, -0.05) is 24.3 Å². The van der Waals surface area contributed by atoms with Crippen LogP contribution in [0.5, 0.6) is 5.75 Å². The molecule has 4 aromatic rings. The molecule has 33 heavy (non-hydrogen) atoms. The van der Waals surface area contributed by atoms with Gasteiger partial charge in [-0.2, -0.15) is 0 Å². The maximum Gasteiger partial charge on any atom is 0.311 e. The third-order valence-corrected chi connectivity index (χ3v) is 5.22. The van der Waals surface area contributed by atoms with Crippen LogP contribution in [0.1, 0.15) is 15.9 Å². The van der Waals surface area contributed by atoms with Crippen LogP contribution in [0.2, 0.25) is 0 Å². The summed E-state index contributed by atoms with van der Waals surface area (Å²) in [5.74, 6) is 0.194. The summed E-state index contributed by atoms with van der Waals surface area (Å²) in [4.78, 5) is 31.1. The summed E-state index contributed by atoms with van der Waals surface area (Å²) in [5.41, 5.74) is 4.01. The number of para-hydroxylation sites is 2. The van der Waals surface area contributed by atoms with E-state index in [1.54, 1.807) is 0 Å². The highest BCUT2D eigenvalue weighted by Crippen LogP contribution is 2.28. The van der Waals surface area contributed by atoms with Crippen LogP contribution >= 0.6 is 12.2 Å². The number of aromatic amines is 1. The van der Waals surface area contributed by atoms with Crippen LogP contribution in [0.15, 0.2) is 60.7 Å². The van der Waals surface area contributed by atoms with E-state index in [9.17, 15) is 14.9 Å². The van der Waals surface area contributed by atoms with E-state index in [1.807, 2.05) is 49.4 Å². The second-order valence-corrected chi connectivity index (χ2v) is 7.59. The number of carbonyl (C=O) groups excluding carboxylic acids is 1. The fourth-order valence-corrected chi connectivity index (χ4v) is 3.50. The van der Waals surface area contributed by atoms with Crippen LogP contribution in [-0.4, -0.2) is 33.0 Å². The molecule has 0 aliphatic carbocycles. The lowest BCUT2D eigenvalue weighted by atomic mass is 10.1. The number of nitro benzene ring substituents is 1. The molecule has 1 aromatic heterocycles. The lowest BCUT2D eigenvalue weighted by Crippen LogP contribution is -2.34. The third kappa shape index (κ3) is 4.65. The number of benzene rings is 3. The molecule has 4 rings (SSSR count). The summed E-state index contributed by atoms with van der Waals surface area (Å²) in [5, 5.41) is 16.8. The highest BCUT2D eigenvalue weighted by atomic mass is 32.1. The van der Waals surface area contributed by atoms with Gasteiger partial charge in [-0.3, -0.25) is 20.2 Å². The number of carbonyl (C=O) groups is 1. The lowest BCUT2D eigenvalue weighted by molar-refractivity contribution is -0.385. The quantitative estimate of drug-likeness (QED) is 0.226. The molecule has 0 bridgehead atoms. The average Bonchev–Trinajstić information content (AvgIpc) is 3.24. The van der Waals surface area contributed by atoms with Crippen molar-refractivity contribution in [1.29, 1.82) is 0 Å². The van der Waals surface area contributed by atoms with Gasteiger partial charge in [0.05, 0.1) is 23.1 Å². The van der Waals surface area contributed by atoms with Crippen molar-refractivity contribution in [2.45, 2.75) is 6.92 Å². The molecule has 1 heterocycles. The van der Waals surface area contributed by atoms with E-state index in [4.69, 9.17) is 17.0 Å². The third-order valence-electron chi connectivity index (χ3n) is 5.01. The first-order valence-electron chi connectivity index (χ1n) is 9.86. The Hall–Kier alpha value is -4.31. The summed E-state index contributed by atoms with van der Waals surface area (Å²) in [6, 6.07) is 17.4. The molecule has 3 aromatic carbocycles. The van der Waals surface area contributed by atoms with E-state index in [-0.39, 0.29) is 22.1 Å². The van der Waals surface area contributed by atoms with Gasteiger partial charge in [-0.25, -0.2) is 4.98 Å². The van der Waals surface area contributed by atoms with Gasteiger partial charge in [0.1, 0.15) is 5.82 Å². The number of imidazole rings is 1. The molecule has 0 fully saturated rings. The predicted octanol–water partition coefficient (Wildman–Crippen LogP) is 4.58. The molecular formula is C23H19N5O4S. The molecule has 0 aliphatic rings. The molecule has 0 spiro atoms. The number of nitrogens with one attached hydrogen (secondary N) is 3. The van der Waals surface area contributed by atoms with Crippen molar-refractivity contribution in [3.05, 3.63) is 81.9 Å². The van der Waals surface area contributed by atoms with Crippen molar-refractivity contribution in [2.24, 2.45) is 0 Å². The number of amides is 1. The summed E-state index contributed by atoms with van der Waals surface area (Å²) >= 11 is 5.29. The number of anilines is 1. The van der Waals surface area contributed by atoms with Gasteiger partial charge < -0.3 is 15.0 Å². The Morgan fingerprint density at radius 3 is 2.67 bits per heavy atom. The van der Waals surface area contributed by atoms with Gasteiger partial charge in [0.15, 0.2) is 10.9 Å². The van der Waals surface area contributed by atoms with Gasteiger partial charge in [-0.05, 0) is 55.0 Å². The standard InChI is InChI=1S/C23H19N5O4S/c1-13-7-8-14(21-24-16-5-3-4-6-17(16)25-21)11-18(13)26-23(33)27-22(29)15-9-10-20(32-2)19(12-15)28(30)31/h3-12H,1-2H3,(H,24,25)(H2,26,27,29,33). The number of thiocarbonyl (C=S) groups is 1. The Labute approximate surface area is 194 Å². The number of nitrogens with zero attached hydrogens (tertiary/aromatic N) is 2. The highest BCUT2D eigenvalue weighted by molar-refractivity contribution is 7.80. The summed E-state index contributed by atoms with van der Waals surface area (Å²) in [6.45, 7) is 1.90. The average molecular weight is 462 g/mol. The monoisotopic (exact) mass is 461 g/mol. The molecule has 0 radical (unpaired) electrons. The second-order valence-electron chi connectivity index (χ2n) is 7.18. The SMILES string of the molecule is COc1ccc(C(=O)NC(=S)Nc2cc(-c3nc4ccccc4[nH]3)ccc2C)cc1[N+](=O)[O-]. The topological polar surface area (TPSA) is 122 Å². The van der Waals surface area contributed by atoms with Crippen molar-refractivity contribution in [1.82, 2.24) is 15.3 Å². The van der Waals surface area contributed by atoms with Crippen LogP contribution in [0, 0.1) is 17.0 Å². The Morgan fingerprint density at radius 1 is 1.15 bits per heavy atom. The van der Waals surface area contributed by atoms with E-state index in [0.29, 0.717) is 11.5 Å². The van der Waals surface area contributed by atoms with E-state index in [2.05, 4.69) is 20.6 Å². The molecule has 9 nitrogen and oxygen atoms in total. The molecular weight excluding hydrogens is 442 g/mol. The van der Waals surface area contributed by atoms with Gasteiger partial charge in [0.25, 0.3) is 5.91 Å². The number of methoxy groups -OCH3 is 1. The Morgan fingerprint density at radius 2 is 1.94 bits per heavy atom. The first kappa shape index (κ1) is 21.9. The molecule has 0 saturated heterocycles. The normalized spacial score (nSPS) is 10.6. The van der Waals surface area contributed by atoms with Gasteiger partial charge in [0.2, 0.25) is 0 Å². The Balaban J connectivity index is 1.51. The number of nitro groups is 1. The number of H-pyrrole nitrogens is 1. The van der Waals surface area contributed by atoms with E-state index < -0.39 is 10.8 Å². The first-order chi connectivity index (χ1) is 15.9. The second kappa shape index (κ2) is 9.05. The minimum atomic E-state index is -0.612. The number of hydrogen-bond donors (Lipinski definition) is 3. The predicted molar refractivity (Wildman–Crippen MR) is 130 cm³/mol. The molecule has 0 unspecified atom stereocenters. The fraction of sp³-hybridized carbons (Fsp3) is 0.0870. The molecule has 0 saturated carbocycles. The van der Waals surface area contributed by atoms with Crippen LogP contribution < -0.4 is 15.4 Å². The first-order valence-corrected chi connectivity index (χ1v) is 10.3. The van der Waals surface area contributed by atoms with Crippen molar-refractivity contribution in [2.75, 3.05) is 12.4 Å². The van der Waals surface area contributed by atoms with Crippen molar-refractivity contribution in [3.63, 3.8) is 0 Å². The highest BCUT2D eigenvalue weighted by Gasteiger charge is 2.19. The van der Waals surface area contributed by atoms with Crippen molar-refractivity contribution >= 4 is 45.6 Å². The van der Waals surface area contributed by atoms with Crippen LogP contribution in [0.25, 0.3) is 22.4 Å². The van der Waals surface area contributed by atoms with Crippen LogP contribution in [0.3, 0.4) is 0 Å². The minimum absolute atomic E-state index is 0.0586. The molecule has 1 amide bonds. The van der Waals surface area contributed by atoms with E-state index in [0.717, 1.165) is 28.2 Å². The van der Waals surface area contributed by atoms with E-state index >= 15 is 0 Å². The minimum Gasteiger partial charge on any atom is -0.490 e. The maximum absolute atomic E-state index is 12.6. The van der Waals surface area contributed by atoms with Crippen LogP contribution in [0.4, 0.5) is 11.4 Å². The molecule has 10 heteroatoms. The largest absolute Gasteiger partial charge is 0.490 e. The fourth-order valence-electron chi connectivity index (χ4n) is 3.30. The number of aryl methyl sites for hydroxylation is 1. The van der Waals surface area contributed by atoms with Gasteiger partial charge >= 0.3 is 5.69 Å². The van der Waals surface area contributed by atoms with E-state index in [1.165, 1.54) is 19.2 Å². The smallest absolute Gasteiger partial charge is 0.311 e. The number of rotatable bonds is 5.